The number of carbonyl (C=O) groups excluding carboxylic acids is 1. The number of para-hydroxylation sites is 2. The van der Waals surface area contributed by atoms with E-state index in [9.17, 15) is 4.79 Å². The van der Waals surface area contributed by atoms with Crippen molar-refractivity contribution >= 4 is 28.9 Å². The van der Waals surface area contributed by atoms with Crippen molar-refractivity contribution in [3.63, 3.8) is 0 Å². The van der Waals surface area contributed by atoms with E-state index in [0.29, 0.717) is 24.5 Å². The third-order valence-electron chi connectivity index (χ3n) is 2.94. The molecule has 1 amide bonds. The lowest BCUT2D eigenvalue weighted by molar-refractivity contribution is 0.0970. The van der Waals surface area contributed by atoms with Crippen LogP contribution in [0.25, 0.3) is 0 Å². The fourth-order valence-corrected chi connectivity index (χ4v) is 2.08. The minimum absolute atomic E-state index is 0.230. The molecular formula is C17H18N2O3S. The molecule has 0 aliphatic heterocycles. The fourth-order valence-electron chi connectivity index (χ4n) is 1.87. The Bertz CT molecular complexity index is 662. The van der Waals surface area contributed by atoms with Crippen molar-refractivity contribution in [2.24, 2.45) is 0 Å². The van der Waals surface area contributed by atoms with Gasteiger partial charge in [-0.15, -0.1) is 0 Å². The molecule has 0 radical (unpaired) electrons. The summed E-state index contributed by atoms with van der Waals surface area (Å²) in [5.41, 5.74) is 1.23. The van der Waals surface area contributed by atoms with Gasteiger partial charge >= 0.3 is 0 Å². The van der Waals surface area contributed by atoms with Gasteiger partial charge in [0.25, 0.3) is 5.91 Å². The molecule has 0 aliphatic carbocycles. The number of benzene rings is 2. The maximum atomic E-state index is 12.3. The molecule has 2 aromatic carbocycles. The Balaban J connectivity index is 1.98. The van der Waals surface area contributed by atoms with Crippen molar-refractivity contribution < 1.29 is 14.3 Å². The van der Waals surface area contributed by atoms with Crippen molar-refractivity contribution in [3.05, 3.63) is 60.2 Å². The molecule has 0 spiro atoms. The summed E-state index contributed by atoms with van der Waals surface area (Å²) in [5, 5.41) is 5.83. The normalized spacial score (nSPS) is 9.96. The summed E-state index contributed by atoms with van der Waals surface area (Å²) in [5.74, 6) is 0.163. The van der Waals surface area contributed by atoms with E-state index in [1.807, 2.05) is 30.3 Å². The number of hydrogen-bond acceptors (Lipinski definition) is 4. The van der Waals surface area contributed by atoms with E-state index >= 15 is 0 Å². The highest BCUT2D eigenvalue weighted by atomic mass is 32.1. The first-order valence-electron chi connectivity index (χ1n) is 7.09. The summed E-state index contributed by atoms with van der Waals surface area (Å²) >= 11 is 5.16. The predicted molar refractivity (Wildman–Crippen MR) is 93.9 cm³/mol. The number of ether oxygens (including phenoxy) is 2. The van der Waals surface area contributed by atoms with E-state index in [1.54, 1.807) is 31.4 Å². The van der Waals surface area contributed by atoms with Crippen molar-refractivity contribution in [1.82, 2.24) is 5.32 Å². The number of anilines is 1. The summed E-state index contributed by atoms with van der Waals surface area (Å²) in [4.78, 5) is 12.3. The standard InChI is InChI=1S/C17H18N2O3S/c1-21-11-12-22-15-10-6-5-9-14(15)16(20)19-17(23)18-13-7-3-2-4-8-13/h2-10H,11-12H2,1H3,(H2,18,19,20,23). The number of carbonyl (C=O) groups is 1. The molecule has 0 aromatic heterocycles. The number of amides is 1. The minimum atomic E-state index is -0.327. The second-order valence-electron chi connectivity index (χ2n) is 4.61. The Labute approximate surface area is 140 Å². The van der Waals surface area contributed by atoms with Crippen LogP contribution in [-0.4, -0.2) is 31.3 Å². The van der Waals surface area contributed by atoms with Crippen LogP contribution in [0.1, 0.15) is 10.4 Å². The van der Waals surface area contributed by atoms with Gasteiger partial charge in [0.05, 0.1) is 12.2 Å². The topological polar surface area (TPSA) is 59.6 Å². The quantitative estimate of drug-likeness (QED) is 0.630. The van der Waals surface area contributed by atoms with Gasteiger partial charge in [-0.25, -0.2) is 0 Å². The Morgan fingerprint density at radius 3 is 2.48 bits per heavy atom. The molecular weight excluding hydrogens is 312 g/mol. The average molecular weight is 330 g/mol. The first-order valence-corrected chi connectivity index (χ1v) is 7.49. The molecule has 6 heteroatoms. The van der Waals surface area contributed by atoms with Gasteiger partial charge in [-0.05, 0) is 36.5 Å². The van der Waals surface area contributed by atoms with Gasteiger partial charge in [-0.2, -0.15) is 0 Å². The maximum Gasteiger partial charge on any atom is 0.261 e. The summed E-state index contributed by atoms with van der Waals surface area (Å²) in [6.45, 7) is 0.817. The number of thiocarbonyl (C=S) groups is 1. The number of nitrogens with one attached hydrogen (secondary N) is 2. The van der Waals surface area contributed by atoms with Crippen LogP contribution in [0, 0.1) is 0 Å². The lowest BCUT2D eigenvalue weighted by atomic mass is 10.2. The highest BCUT2D eigenvalue weighted by molar-refractivity contribution is 7.80. The van der Waals surface area contributed by atoms with Gasteiger partial charge in [0.2, 0.25) is 0 Å². The van der Waals surface area contributed by atoms with Gasteiger partial charge in [0.15, 0.2) is 5.11 Å². The molecule has 23 heavy (non-hydrogen) atoms. The molecule has 0 saturated heterocycles. The summed E-state index contributed by atoms with van der Waals surface area (Å²) < 4.78 is 10.5. The van der Waals surface area contributed by atoms with Crippen LogP contribution in [0.5, 0.6) is 5.75 Å². The molecule has 0 saturated carbocycles. The fraction of sp³-hybridized carbons (Fsp3) is 0.176. The van der Waals surface area contributed by atoms with Gasteiger partial charge in [-0.1, -0.05) is 30.3 Å². The smallest absolute Gasteiger partial charge is 0.261 e. The number of hydrogen-bond donors (Lipinski definition) is 2. The Hall–Kier alpha value is -2.44. The highest BCUT2D eigenvalue weighted by Crippen LogP contribution is 2.17. The Morgan fingerprint density at radius 1 is 1.04 bits per heavy atom. The zero-order chi connectivity index (χ0) is 16.5. The Kier molecular flexibility index (Phi) is 6.53. The molecule has 0 heterocycles. The van der Waals surface area contributed by atoms with E-state index in [4.69, 9.17) is 21.7 Å². The van der Waals surface area contributed by atoms with Crippen LogP contribution in [-0.2, 0) is 4.74 Å². The molecule has 2 N–H and O–H groups in total. The molecule has 0 atom stereocenters. The van der Waals surface area contributed by atoms with E-state index in [0.717, 1.165) is 5.69 Å². The molecule has 2 rings (SSSR count). The second kappa shape index (κ2) is 8.87. The van der Waals surface area contributed by atoms with Crippen molar-refractivity contribution in [2.75, 3.05) is 25.6 Å². The van der Waals surface area contributed by atoms with Crippen LogP contribution in [0.4, 0.5) is 5.69 Å². The third-order valence-corrected chi connectivity index (χ3v) is 3.14. The van der Waals surface area contributed by atoms with Crippen LogP contribution in [0.2, 0.25) is 0 Å². The monoisotopic (exact) mass is 330 g/mol. The minimum Gasteiger partial charge on any atom is -0.490 e. The maximum absolute atomic E-state index is 12.3. The van der Waals surface area contributed by atoms with E-state index in [1.165, 1.54) is 0 Å². The van der Waals surface area contributed by atoms with Crippen LogP contribution < -0.4 is 15.4 Å². The zero-order valence-electron chi connectivity index (χ0n) is 12.7. The van der Waals surface area contributed by atoms with Crippen LogP contribution in [0.15, 0.2) is 54.6 Å². The van der Waals surface area contributed by atoms with Crippen LogP contribution >= 0.6 is 12.2 Å². The number of methoxy groups -OCH3 is 1. The number of rotatable bonds is 6. The molecule has 5 nitrogen and oxygen atoms in total. The van der Waals surface area contributed by atoms with Gasteiger partial charge in [0, 0.05) is 12.8 Å². The SMILES string of the molecule is COCCOc1ccccc1C(=O)NC(=S)Nc1ccccc1. The highest BCUT2D eigenvalue weighted by Gasteiger charge is 2.13. The third kappa shape index (κ3) is 5.36. The van der Waals surface area contributed by atoms with Crippen LogP contribution in [0.3, 0.4) is 0 Å². The molecule has 120 valence electrons. The van der Waals surface area contributed by atoms with Gasteiger partial charge in [-0.3, -0.25) is 10.1 Å². The molecule has 0 fully saturated rings. The van der Waals surface area contributed by atoms with Crippen molar-refractivity contribution in [2.45, 2.75) is 0 Å². The van der Waals surface area contributed by atoms with E-state index in [2.05, 4.69) is 10.6 Å². The molecule has 2 aromatic rings. The zero-order valence-corrected chi connectivity index (χ0v) is 13.6. The van der Waals surface area contributed by atoms with E-state index in [-0.39, 0.29) is 11.0 Å². The molecule has 0 unspecified atom stereocenters. The van der Waals surface area contributed by atoms with E-state index < -0.39 is 0 Å². The summed E-state index contributed by atoms with van der Waals surface area (Å²) in [6.07, 6.45) is 0. The average Bonchev–Trinajstić information content (AvgIpc) is 2.56. The first kappa shape index (κ1) is 16.9. The molecule has 0 aliphatic rings. The predicted octanol–water partition coefficient (Wildman–Crippen LogP) is 2.84. The van der Waals surface area contributed by atoms with Gasteiger partial charge in [0.1, 0.15) is 12.4 Å². The van der Waals surface area contributed by atoms with Crippen molar-refractivity contribution in [3.8, 4) is 5.75 Å². The largest absolute Gasteiger partial charge is 0.490 e. The second-order valence-corrected chi connectivity index (χ2v) is 5.02. The summed E-state index contributed by atoms with van der Waals surface area (Å²) in [7, 11) is 1.59. The first-order chi connectivity index (χ1) is 11.2. The van der Waals surface area contributed by atoms with Crippen molar-refractivity contribution in [1.29, 1.82) is 0 Å². The summed E-state index contributed by atoms with van der Waals surface area (Å²) in [6, 6.07) is 16.4. The Morgan fingerprint density at radius 2 is 1.74 bits per heavy atom. The lowest BCUT2D eigenvalue weighted by Crippen LogP contribution is -2.34. The molecule has 0 bridgehead atoms. The lowest BCUT2D eigenvalue weighted by Gasteiger charge is -2.12. The van der Waals surface area contributed by atoms with Gasteiger partial charge < -0.3 is 14.8 Å².